The molecule has 5 heteroatoms. The van der Waals surface area contributed by atoms with Crippen molar-refractivity contribution in [3.8, 4) is 17.0 Å². The van der Waals surface area contributed by atoms with Gasteiger partial charge in [-0.15, -0.1) is 0 Å². The lowest BCUT2D eigenvalue weighted by Gasteiger charge is -2.14. The first-order valence-corrected chi connectivity index (χ1v) is 7.17. The Kier molecular flexibility index (Phi) is 4.99. The number of aromatic amines is 1. The number of para-hydroxylation sites is 1. The number of hydrogen-bond acceptors (Lipinski definition) is 3. The molecule has 0 spiro atoms. The van der Waals surface area contributed by atoms with Crippen LogP contribution in [0.15, 0.2) is 41.2 Å². The van der Waals surface area contributed by atoms with Crippen molar-refractivity contribution >= 4 is 5.97 Å². The van der Waals surface area contributed by atoms with E-state index in [1.165, 1.54) is 0 Å². The van der Waals surface area contributed by atoms with E-state index in [-0.39, 0.29) is 24.5 Å². The van der Waals surface area contributed by atoms with Gasteiger partial charge in [0, 0.05) is 17.5 Å². The molecule has 1 aromatic carbocycles. The summed E-state index contributed by atoms with van der Waals surface area (Å²) in [4.78, 5) is 25.5. The van der Waals surface area contributed by atoms with Gasteiger partial charge in [-0.05, 0) is 38.5 Å². The lowest BCUT2D eigenvalue weighted by Crippen LogP contribution is -2.14. The summed E-state index contributed by atoms with van der Waals surface area (Å²) in [7, 11) is 0. The minimum absolute atomic E-state index is 0.0303. The molecule has 0 saturated carbocycles. The van der Waals surface area contributed by atoms with E-state index < -0.39 is 5.97 Å². The minimum Gasteiger partial charge on any atom is -0.490 e. The van der Waals surface area contributed by atoms with Crippen LogP contribution in [0.25, 0.3) is 11.3 Å². The molecule has 0 aliphatic rings. The summed E-state index contributed by atoms with van der Waals surface area (Å²) in [5, 5.41) is 8.69. The van der Waals surface area contributed by atoms with Crippen LogP contribution in [0.5, 0.6) is 5.75 Å². The molecule has 1 aromatic heterocycles. The van der Waals surface area contributed by atoms with Crippen molar-refractivity contribution in [2.45, 2.75) is 32.8 Å². The SMILES string of the molecule is CC(C)Oc1ccccc1-c1ccc(CCC(=O)O)c(=O)[nH]1. The molecular formula is C17H19NO4. The Bertz CT molecular complexity index is 719. The standard InChI is InChI=1S/C17H19NO4/c1-11(2)22-15-6-4-3-5-13(15)14-9-7-12(17(21)18-14)8-10-16(19)20/h3-7,9,11H,8,10H2,1-2H3,(H,18,21)(H,19,20). The number of rotatable bonds is 6. The Morgan fingerprint density at radius 2 is 1.95 bits per heavy atom. The number of benzene rings is 1. The smallest absolute Gasteiger partial charge is 0.303 e. The third-order valence-electron chi connectivity index (χ3n) is 3.14. The number of aliphatic carboxylic acids is 1. The summed E-state index contributed by atoms with van der Waals surface area (Å²) >= 11 is 0. The number of ether oxygens (including phenoxy) is 1. The molecule has 0 atom stereocenters. The highest BCUT2D eigenvalue weighted by Crippen LogP contribution is 2.28. The van der Waals surface area contributed by atoms with Gasteiger partial charge >= 0.3 is 5.97 Å². The maximum absolute atomic E-state index is 12.1. The maximum atomic E-state index is 12.1. The van der Waals surface area contributed by atoms with Crippen LogP contribution < -0.4 is 10.3 Å². The number of pyridine rings is 1. The van der Waals surface area contributed by atoms with Gasteiger partial charge in [-0.2, -0.15) is 0 Å². The lowest BCUT2D eigenvalue weighted by molar-refractivity contribution is -0.136. The minimum atomic E-state index is -0.917. The van der Waals surface area contributed by atoms with E-state index in [2.05, 4.69) is 4.98 Å². The van der Waals surface area contributed by atoms with Crippen molar-refractivity contribution in [2.24, 2.45) is 0 Å². The van der Waals surface area contributed by atoms with Gasteiger partial charge in [-0.3, -0.25) is 9.59 Å². The van der Waals surface area contributed by atoms with Crippen LogP contribution in [0.1, 0.15) is 25.8 Å². The van der Waals surface area contributed by atoms with Gasteiger partial charge in [0.25, 0.3) is 5.56 Å². The molecule has 1 heterocycles. The van der Waals surface area contributed by atoms with Crippen LogP contribution in [-0.4, -0.2) is 22.2 Å². The first kappa shape index (κ1) is 15.8. The average molecular weight is 301 g/mol. The zero-order valence-electron chi connectivity index (χ0n) is 12.6. The number of carboxylic acid groups (broad SMARTS) is 1. The second-order valence-electron chi connectivity index (χ2n) is 5.28. The van der Waals surface area contributed by atoms with Gasteiger partial charge < -0.3 is 14.8 Å². The molecule has 116 valence electrons. The Hall–Kier alpha value is -2.56. The molecule has 2 rings (SSSR count). The van der Waals surface area contributed by atoms with Crippen molar-refractivity contribution in [2.75, 3.05) is 0 Å². The summed E-state index contributed by atoms with van der Waals surface area (Å²) in [6.45, 7) is 3.88. The summed E-state index contributed by atoms with van der Waals surface area (Å²) in [6.07, 6.45) is 0.188. The van der Waals surface area contributed by atoms with E-state index in [9.17, 15) is 9.59 Å². The number of carboxylic acids is 1. The van der Waals surface area contributed by atoms with Gasteiger partial charge in [-0.25, -0.2) is 0 Å². The van der Waals surface area contributed by atoms with E-state index in [0.717, 1.165) is 5.56 Å². The van der Waals surface area contributed by atoms with Crippen molar-refractivity contribution in [3.63, 3.8) is 0 Å². The van der Waals surface area contributed by atoms with Gasteiger partial charge in [0.15, 0.2) is 0 Å². The highest BCUT2D eigenvalue weighted by molar-refractivity contribution is 5.68. The molecule has 0 unspecified atom stereocenters. The van der Waals surface area contributed by atoms with Gasteiger partial charge in [0.1, 0.15) is 5.75 Å². The summed E-state index contributed by atoms with van der Waals surface area (Å²) < 4.78 is 5.75. The Morgan fingerprint density at radius 1 is 1.23 bits per heavy atom. The fraction of sp³-hybridized carbons (Fsp3) is 0.294. The Labute approximate surface area is 128 Å². The van der Waals surface area contributed by atoms with Crippen molar-refractivity contribution < 1.29 is 14.6 Å². The normalized spacial score (nSPS) is 10.7. The molecule has 0 radical (unpaired) electrons. The summed E-state index contributed by atoms with van der Waals surface area (Å²) in [5.41, 5.74) is 1.66. The lowest BCUT2D eigenvalue weighted by atomic mass is 10.1. The van der Waals surface area contributed by atoms with Gasteiger partial charge in [0.05, 0.1) is 11.8 Å². The third-order valence-corrected chi connectivity index (χ3v) is 3.14. The molecule has 2 N–H and O–H groups in total. The highest BCUT2D eigenvalue weighted by Gasteiger charge is 2.10. The number of carbonyl (C=O) groups is 1. The molecule has 0 fully saturated rings. The zero-order valence-corrected chi connectivity index (χ0v) is 12.6. The second kappa shape index (κ2) is 6.93. The van der Waals surface area contributed by atoms with Crippen molar-refractivity contribution in [1.29, 1.82) is 0 Å². The second-order valence-corrected chi connectivity index (χ2v) is 5.28. The fourth-order valence-electron chi connectivity index (χ4n) is 2.15. The molecule has 0 aliphatic heterocycles. The van der Waals surface area contributed by atoms with Crippen molar-refractivity contribution in [1.82, 2.24) is 4.98 Å². The maximum Gasteiger partial charge on any atom is 0.303 e. The number of aromatic nitrogens is 1. The van der Waals surface area contributed by atoms with Gasteiger partial charge in [0.2, 0.25) is 0 Å². The molecule has 0 saturated heterocycles. The summed E-state index contributed by atoms with van der Waals surface area (Å²) in [6, 6.07) is 10.9. The monoisotopic (exact) mass is 301 g/mol. The first-order valence-electron chi connectivity index (χ1n) is 7.17. The largest absolute Gasteiger partial charge is 0.490 e. The van der Waals surface area contributed by atoms with Gasteiger partial charge in [-0.1, -0.05) is 18.2 Å². The summed E-state index contributed by atoms with van der Waals surface area (Å²) in [5.74, 6) is -0.217. The third kappa shape index (κ3) is 3.97. The molecule has 0 bridgehead atoms. The van der Waals surface area contributed by atoms with E-state index in [0.29, 0.717) is 17.0 Å². The van der Waals surface area contributed by atoms with Crippen LogP contribution in [0.4, 0.5) is 0 Å². The number of hydrogen-bond donors (Lipinski definition) is 2. The molecule has 0 aliphatic carbocycles. The fourth-order valence-corrected chi connectivity index (χ4v) is 2.15. The van der Waals surface area contributed by atoms with Crippen LogP contribution in [0, 0.1) is 0 Å². The van der Waals surface area contributed by atoms with Crippen LogP contribution >= 0.6 is 0 Å². The van der Waals surface area contributed by atoms with E-state index in [4.69, 9.17) is 9.84 Å². The molecule has 0 amide bonds. The average Bonchev–Trinajstić information content (AvgIpc) is 2.45. The predicted molar refractivity (Wildman–Crippen MR) is 84.2 cm³/mol. The van der Waals surface area contributed by atoms with E-state index in [1.807, 2.05) is 38.1 Å². The van der Waals surface area contributed by atoms with Crippen molar-refractivity contribution in [3.05, 3.63) is 52.3 Å². The number of aryl methyl sites for hydroxylation is 1. The number of H-pyrrole nitrogens is 1. The molecule has 22 heavy (non-hydrogen) atoms. The van der Waals surface area contributed by atoms with Crippen LogP contribution in [0.2, 0.25) is 0 Å². The number of nitrogens with one attached hydrogen (secondary N) is 1. The zero-order chi connectivity index (χ0) is 16.1. The highest BCUT2D eigenvalue weighted by atomic mass is 16.5. The van der Waals surface area contributed by atoms with Crippen LogP contribution in [-0.2, 0) is 11.2 Å². The Balaban J connectivity index is 2.32. The molecule has 2 aromatic rings. The molecular weight excluding hydrogens is 282 g/mol. The Morgan fingerprint density at radius 3 is 2.59 bits per heavy atom. The molecule has 5 nitrogen and oxygen atoms in total. The van der Waals surface area contributed by atoms with Crippen LogP contribution in [0.3, 0.4) is 0 Å². The predicted octanol–water partition coefficient (Wildman–Crippen LogP) is 2.85. The topological polar surface area (TPSA) is 79.4 Å². The van der Waals surface area contributed by atoms with E-state index in [1.54, 1.807) is 12.1 Å². The van der Waals surface area contributed by atoms with E-state index >= 15 is 0 Å². The quantitative estimate of drug-likeness (QED) is 0.860. The first-order chi connectivity index (χ1) is 10.5.